The number of aryl methyl sites for hydroxylation is 2. The van der Waals surface area contributed by atoms with Crippen molar-refractivity contribution in [3.8, 4) is 11.1 Å². The van der Waals surface area contributed by atoms with Crippen molar-refractivity contribution >= 4 is 22.1 Å². The van der Waals surface area contributed by atoms with E-state index in [0.29, 0.717) is 6.04 Å². The van der Waals surface area contributed by atoms with Crippen molar-refractivity contribution in [2.24, 2.45) is 0 Å². The molecule has 0 amide bonds. The quantitative estimate of drug-likeness (QED) is 0.358. The first-order valence-electron chi connectivity index (χ1n) is 9.98. The lowest BCUT2D eigenvalue weighted by atomic mass is 9.98. The van der Waals surface area contributed by atoms with Crippen molar-refractivity contribution in [1.29, 1.82) is 0 Å². The summed E-state index contributed by atoms with van der Waals surface area (Å²) in [6, 6.07) is 31.2. The molecule has 0 N–H and O–H groups in total. The number of benzene rings is 4. The lowest BCUT2D eigenvalue weighted by Crippen LogP contribution is -2.25. The SMILES string of the molecule is Cc1cc(C)cc(N(c2ccc(-c3cccc4ccccc34)cc2)C(C)C)c1. The molecular weight excluding hydrogens is 338 g/mol. The second kappa shape index (κ2) is 7.52. The van der Waals surface area contributed by atoms with Gasteiger partial charge < -0.3 is 4.90 Å². The Bertz CT molecular complexity index is 1080. The van der Waals surface area contributed by atoms with Crippen LogP contribution in [0.5, 0.6) is 0 Å². The summed E-state index contributed by atoms with van der Waals surface area (Å²) in [5.74, 6) is 0. The summed E-state index contributed by atoms with van der Waals surface area (Å²) in [6.07, 6.45) is 0. The van der Waals surface area contributed by atoms with E-state index in [4.69, 9.17) is 0 Å². The molecule has 140 valence electrons. The first kappa shape index (κ1) is 18.3. The van der Waals surface area contributed by atoms with Gasteiger partial charge >= 0.3 is 0 Å². The maximum Gasteiger partial charge on any atom is 0.0418 e. The van der Waals surface area contributed by atoms with Crippen molar-refractivity contribution in [1.82, 2.24) is 0 Å². The molecule has 28 heavy (non-hydrogen) atoms. The van der Waals surface area contributed by atoms with E-state index in [-0.39, 0.29) is 0 Å². The molecule has 0 unspecified atom stereocenters. The number of anilines is 2. The summed E-state index contributed by atoms with van der Waals surface area (Å²) in [5, 5.41) is 2.58. The minimum absolute atomic E-state index is 0.379. The molecule has 0 fully saturated rings. The Morgan fingerprint density at radius 3 is 1.96 bits per heavy atom. The summed E-state index contributed by atoms with van der Waals surface area (Å²) in [4.78, 5) is 2.41. The third-order valence-electron chi connectivity index (χ3n) is 5.25. The Hall–Kier alpha value is -3.06. The molecule has 4 rings (SSSR count). The predicted octanol–water partition coefficient (Wildman–Crippen LogP) is 7.67. The number of fused-ring (bicyclic) bond motifs is 1. The molecule has 1 heteroatoms. The predicted molar refractivity (Wildman–Crippen MR) is 123 cm³/mol. The lowest BCUT2D eigenvalue weighted by Gasteiger charge is -2.30. The van der Waals surface area contributed by atoms with Crippen molar-refractivity contribution in [3.05, 3.63) is 96.1 Å². The lowest BCUT2D eigenvalue weighted by molar-refractivity contribution is 0.788. The van der Waals surface area contributed by atoms with Gasteiger partial charge in [0.2, 0.25) is 0 Å². The van der Waals surface area contributed by atoms with Gasteiger partial charge in [-0.2, -0.15) is 0 Å². The highest BCUT2D eigenvalue weighted by Gasteiger charge is 2.14. The van der Waals surface area contributed by atoms with Crippen LogP contribution < -0.4 is 4.90 Å². The summed E-state index contributed by atoms with van der Waals surface area (Å²) < 4.78 is 0. The molecule has 0 saturated carbocycles. The van der Waals surface area contributed by atoms with Gasteiger partial charge in [0.05, 0.1) is 0 Å². The summed E-state index contributed by atoms with van der Waals surface area (Å²) in [5.41, 5.74) is 7.62. The van der Waals surface area contributed by atoms with Crippen LogP contribution in [0.25, 0.3) is 21.9 Å². The highest BCUT2D eigenvalue weighted by Crippen LogP contribution is 2.33. The Balaban J connectivity index is 1.75. The van der Waals surface area contributed by atoms with E-state index in [1.54, 1.807) is 0 Å². The molecule has 0 bridgehead atoms. The van der Waals surface area contributed by atoms with Gasteiger partial charge in [0.1, 0.15) is 0 Å². The summed E-state index contributed by atoms with van der Waals surface area (Å²) >= 11 is 0. The van der Waals surface area contributed by atoms with E-state index in [1.807, 2.05) is 0 Å². The van der Waals surface area contributed by atoms with E-state index < -0.39 is 0 Å². The fourth-order valence-electron chi connectivity index (χ4n) is 4.11. The number of nitrogens with zero attached hydrogens (tertiary/aromatic N) is 1. The van der Waals surface area contributed by atoms with Crippen LogP contribution in [0, 0.1) is 13.8 Å². The van der Waals surface area contributed by atoms with Crippen molar-refractivity contribution in [2.45, 2.75) is 33.7 Å². The van der Waals surface area contributed by atoms with Crippen LogP contribution in [0.3, 0.4) is 0 Å². The third kappa shape index (κ3) is 3.53. The van der Waals surface area contributed by atoms with Crippen molar-refractivity contribution in [3.63, 3.8) is 0 Å². The largest absolute Gasteiger partial charge is 0.339 e. The molecule has 0 saturated heterocycles. The van der Waals surface area contributed by atoms with Gasteiger partial charge in [0, 0.05) is 17.4 Å². The molecular formula is C27H27N. The Morgan fingerprint density at radius 2 is 1.29 bits per heavy atom. The van der Waals surface area contributed by atoms with Crippen LogP contribution in [-0.4, -0.2) is 6.04 Å². The van der Waals surface area contributed by atoms with Crippen LogP contribution in [0.15, 0.2) is 84.9 Å². The first-order chi connectivity index (χ1) is 13.5. The number of hydrogen-bond acceptors (Lipinski definition) is 1. The molecule has 0 aliphatic rings. The van der Waals surface area contributed by atoms with Crippen LogP contribution >= 0.6 is 0 Å². The minimum atomic E-state index is 0.379. The Kier molecular flexibility index (Phi) is 4.92. The second-order valence-electron chi connectivity index (χ2n) is 7.88. The smallest absolute Gasteiger partial charge is 0.0418 e. The highest BCUT2D eigenvalue weighted by molar-refractivity contribution is 5.96. The minimum Gasteiger partial charge on any atom is -0.339 e. The van der Waals surface area contributed by atoms with Gasteiger partial charge in [-0.1, -0.05) is 60.7 Å². The first-order valence-corrected chi connectivity index (χ1v) is 9.98. The molecule has 1 nitrogen and oxygen atoms in total. The Labute approximate surface area is 168 Å². The van der Waals surface area contributed by atoms with E-state index in [1.165, 1.54) is 44.4 Å². The van der Waals surface area contributed by atoms with Crippen molar-refractivity contribution < 1.29 is 0 Å². The van der Waals surface area contributed by atoms with Crippen molar-refractivity contribution in [2.75, 3.05) is 4.90 Å². The van der Waals surface area contributed by atoms with Gasteiger partial charge in [-0.05, 0) is 85.0 Å². The van der Waals surface area contributed by atoms with Gasteiger partial charge in [0.15, 0.2) is 0 Å². The van der Waals surface area contributed by atoms with Gasteiger partial charge in [-0.25, -0.2) is 0 Å². The average Bonchev–Trinajstić information content (AvgIpc) is 2.67. The molecule has 0 spiro atoms. The van der Waals surface area contributed by atoms with Crippen LogP contribution in [0.4, 0.5) is 11.4 Å². The number of hydrogen-bond donors (Lipinski definition) is 0. The zero-order chi connectivity index (χ0) is 19.7. The summed E-state index contributed by atoms with van der Waals surface area (Å²) in [7, 11) is 0. The standard InChI is InChI=1S/C27H27N/c1-19(2)28(25-17-20(3)16-21(4)18-25)24-14-12-23(13-15-24)27-11-7-9-22-8-5-6-10-26(22)27/h5-19H,1-4H3. The van der Waals surface area contributed by atoms with E-state index in [0.717, 1.165) is 0 Å². The molecule has 4 aromatic carbocycles. The molecule has 4 aromatic rings. The third-order valence-corrected chi connectivity index (χ3v) is 5.25. The topological polar surface area (TPSA) is 3.24 Å². The van der Waals surface area contributed by atoms with Gasteiger partial charge in [-0.15, -0.1) is 0 Å². The van der Waals surface area contributed by atoms with E-state index in [9.17, 15) is 0 Å². The van der Waals surface area contributed by atoms with Crippen LogP contribution in [0.2, 0.25) is 0 Å². The molecule has 0 aromatic heterocycles. The monoisotopic (exact) mass is 365 g/mol. The average molecular weight is 366 g/mol. The molecule has 0 aliphatic carbocycles. The number of rotatable bonds is 4. The van der Waals surface area contributed by atoms with E-state index >= 15 is 0 Å². The molecule has 0 atom stereocenters. The highest BCUT2D eigenvalue weighted by atomic mass is 15.2. The maximum atomic E-state index is 2.41. The maximum absolute atomic E-state index is 2.41. The molecule has 0 radical (unpaired) electrons. The van der Waals surface area contributed by atoms with Crippen LogP contribution in [-0.2, 0) is 0 Å². The van der Waals surface area contributed by atoms with Gasteiger partial charge in [-0.3, -0.25) is 0 Å². The van der Waals surface area contributed by atoms with Gasteiger partial charge in [0.25, 0.3) is 0 Å². The normalized spacial score (nSPS) is 11.2. The second-order valence-corrected chi connectivity index (χ2v) is 7.88. The zero-order valence-electron chi connectivity index (χ0n) is 17.1. The fourth-order valence-corrected chi connectivity index (χ4v) is 4.11. The Morgan fingerprint density at radius 1 is 0.643 bits per heavy atom. The molecule has 0 heterocycles. The fraction of sp³-hybridized carbons (Fsp3) is 0.185. The molecule has 0 aliphatic heterocycles. The van der Waals surface area contributed by atoms with E-state index in [2.05, 4.69) is 118 Å². The zero-order valence-corrected chi connectivity index (χ0v) is 17.1. The van der Waals surface area contributed by atoms with Crippen LogP contribution in [0.1, 0.15) is 25.0 Å². The summed E-state index contributed by atoms with van der Waals surface area (Å²) in [6.45, 7) is 8.82.